The smallest absolute Gasteiger partial charge is 0.271 e. The summed E-state index contributed by atoms with van der Waals surface area (Å²) in [5.74, 6) is 0. The molecule has 1 N–H and O–H groups in total. The monoisotopic (exact) mass is 385 g/mol. The second-order valence-corrected chi connectivity index (χ2v) is 8.57. The van der Waals surface area contributed by atoms with Gasteiger partial charge in [-0.15, -0.1) is 11.3 Å². The van der Waals surface area contributed by atoms with Crippen LogP contribution in [0, 0.1) is 0 Å². The number of halogens is 3. The van der Waals surface area contributed by atoms with Crippen molar-refractivity contribution >= 4 is 66.2 Å². The molecule has 3 nitrogen and oxygen atoms in total. The largest absolute Gasteiger partial charge is 0.279 e. The summed E-state index contributed by atoms with van der Waals surface area (Å²) in [5.41, 5.74) is 0.331. The minimum absolute atomic E-state index is 0.213. The second-order valence-electron chi connectivity index (χ2n) is 3.32. The summed E-state index contributed by atoms with van der Waals surface area (Å²) in [7, 11) is -3.60. The highest BCUT2D eigenvalue weighted by Gasteiger charge is 2.16. The molecule has 0 spiro atoms. The summed E-state index contributed by atoms with van der Waals surface area (Å²) in [6.45, 7) is 0. The van der Waals surface area contributed by atoms with Crippen LogP contribution in [0.3, 0.4) is 0 Å². The van der Waals surface area contributed by atoms with Gasteiger partial charge in [0.05, 0.1) is 9.47 Å². The van der Waals surface area contributed by atoms with Crippen LogP contribution >= 0.6 is 50.5 Å². The fourth-order valence-electron chi connectivity index (χ4n) is 1.26. The molecule has 0 saturated heterocycles. The number of nitrogens with one attached hydrogen (secondary N) is 1. The standard InChI is InChI=1S/C10H6BrCl2NO2S2/c11-9-1-2-10(17-9)18(15,16)14-8-4-6(12)3-7(13)5-8/h1-5,14H. The SMILES string of the molecule is O=S(=O)(Nc1cc(Cl)cc(Cl)c1)c1ccc(Br)s1. The Morgan fingerprint density at radius 2 is 1.72 bits per heavy atom. The number of anilines is 1. The third-order valence-electron chi connectivity index (χ3n) is 1.93. The highest BCUT2D eigenvalue weighted by atomic mass is 79.9. The second kappa shape index (κ2) is 5.38. The van der Waals surface area contributed by atoms with Crippen LogP contribution in [-0.2, 0) is 10.0 Å². The van der Waals surface area contributed by atoms with Crippen molar-refractivity contribution in [2.75, 3.05) is 4.72 Å². The van der Waals surface area contributed by atoms with Crippen LogP contribution in [0.1, 0.15) is 0 Å². The van der Waals surface area contributed by atoms with Crippen LogP contribution in [0.25, 0.3) is 0 Å². The predicted molar refractivity (Wildman–Crippen MR) is 79.3 cm³/mol. The average molecular weight is 387 g/mol. The minimum Gasteiger partial charge on any atom is -0.279 e. The first kappa shape index (κ1) is 14.1. The van der Waals surface area contributed by atoms with Crippen molar-refractivity contribution in [1.29, 1.82) is 0 Å². The van der Waals surface area contributed by atoms with E-state index in [1.165, 1.54) is 24.3 Å². The first-order valence-electron chi connectivity index (χ1n) is 4.61. The molecular formula is C10H6BrCl2NO2S2. The molecule has 0 aliphatic carbocycles. The van der Waals surface area contributed by atoms with E-state index in [9.17, 15) is 8.42 Å². The maximum absolute atomic E-state index is 12.0. The van der Waals surface area contributed by atoms with Crippen molar-refractivity contribution in [3.8, 4) is 0 Å². The van der Waals surface area contributed by atoms with Crippen LogP contribution in [0.4, 0.5) is 5.69 Å². The van der Waals surface area contributed by atoms with Crippen LogP contribution < -0.4 is 4.72 Å². The number of rotatable bonds is 3. The van der Waals surface area contributed by atoms with Gasteiger partial charge in [-0.3, -0.25) is 4.72 Å². The highest BCUT2D eigenvalue weighted by Crippen LogP contribution is 2.29. The molecule has 8 heteroatoms. The molecule has 0 saturated carbocycles. The molecule has 0 unspecified atom stereocenters. The molecule has 1 aromatic heterocycles. The van der Waals surface area contributed by atoms with Gasteiger partial charge in [0.15, 0.2) is 0 Å². The van der Waals surface area contributed by atoms with Gasteiger partial charge in [0.1, 0.15) is 4.21 Å². The molecule has 1 heterocycles. The molecule has 0 amide bonds. The van der Waals surface area contributed by atoms with E-state index in [1.807, 2.05) is 0 Å². The number of hydrogen-bond acceptors (Lipinski definition) is 3. The Hall–Kier alpha value is -0.270. The van der Waals surface area contributed by atoms with E-state index in [1.54, 1.807) is 6.07 Å². The van der Waals surface area contributed by atoms with Crippen LogP contribution in [-0.4, -0.2) is 8.42 Å². The molecule has 0 aliphatic heterocycles. The van der Waals surface area contributed by atoms with Crippen molar-refractivity contribution in [3.05, 3.63) is 44.2 Å². The Labute approximate surface area is 127 Å². The van der Waals surface area contributed by atoms with Crippen molar-refractivity contribution in [3.63, 3.8) is 0 Å². The van der Waals surface area contributed by atoms with Gasteiger partial charge in [0, 0.05) is 10.0 Å². The van der Waals surface area contributed by atoms with E-state index in [-0.39, 0.29) is 4.21 Å². The van der Waals surface area contributed by atoms with Gasteiger partial charge in [-0.05, 0) is 46.3 Å². The summed E-state index contributed by atoms with van der Waals surface area (Å²) in [4.78, 5) is 0. The Morgan fingerprint density at radius 3 is 2.22 bits per heavy atom. The van der Waals surface area contributed by atoms with E-state index in [2.05, 4.69) is 20.7 Å². The topological polar surface area (TPSA) is 46.2 Å². The Kier molecular flexibility index (Phi) is 4.23. The molecule has 0 radical (unpaired) electrons. The maximum Gasteiger partial charge on any atom is 0.271 e. The molecule has 0 atom stereocenters. The predicted octanol–water partition coefficient (Wildman–Crippen LogP) is 4.62. The number of benzene rings is 1. The number of sulfonamides is 1. The van der Waals surface area contributed by atoms with E-state index >= 15 is 0 Å². The lowest BCUT2D eigenvalue weighted by molar-refractivity contribution is 0.603. The fourth-order valence-corrected chi connectivity index (χ4v) is 4.84. The molecule has 0 fully saturated rings. The third-order valence-corrected chi connectivity index (χ3v) is 5.86. The molecule has 0 bridgehead atoms. The van der Waals surface area contributed by atoms with Gasteiger partial charge in [0.25, 0.3) is 10.0 Å². The van der Waals surface area contributed by atoms with E-state index in [0.717, 1.165) is 15.1 Å². The van der Waals surface area contributed by atoms with E-state index in [4.69, 9.17) is 23.2 Å². The van der Waals surface area contributed by atoms with Crippen molar-refractivity contribution in [1.82, 2.24) is 0 Å². The fraction of sp³-hybridized carbons (Fsp3) is 0. The Balaban J connectivity index is 2.33. The number of hydrogen-bond donors (Lipinski definition) is 1. The highest BCUT2D eigenvalue weighted by molar-refractivity contribution is 9.11. The first-order valence-corrected chi connectivity index (χ1v) is 8.46. The molecule has 96 valence electrons. The van der Waals surface area contributed by atoms with Crippen molar-refractivity contribution < 1.29 is 8.42 Å². The van der Waals surface area contributed by atoms with Gasteiger partial charge in [-0.25, -0.2) is 8.42 Å². The zero-order chi connectivity index (χ0) is 13.3. The average Bonchev–Trinajstić information content (AvgIpc) is 2.62. The zero-order valence-corrected chi connectivity index (χ0v) is 13.4. The quantitative estimate of drug-likeness (QED) is 0.836. The summed E-state index contributed by atoms with van der Waals surface area (Å²) in [5, 5.41) is 0.736. The van der Waals surface area contributed by atoms with Crippen molar-refractivity contribution in [2.24, 2.45) is 0 Å². The van der Waals surface area contributed by atoms with Gasteiger partial charge in [-0.1, -0.05) is 23.2 Å². The third kappa shape index (κ3) is 3.39. The van der Waals surface area contributed by atoms with Crippen molar-refractivity contribution in [2.45, 2.75) is 4.21 Å². The molecular weight excluding hydrogens is 381 g/mol. The lowest BCUT2D eigenvalue weighted by atomic mass is 10.3. The van der Waals surface area contributed by atoms with E-state index < -0.39 is 10.0 Å². The minimum atomic E-state index is -3.60. The summed E-state index contributed by atoms with van der Waals surface area (Å²) >= 11 is 15.9. The normalized spacial score (nSPS) is 11.5. The summed E-state index contributed by atoms with van der Waals surface area (Å²) in [6.07, 6.45) is 0. The Morgan fingerprint density at radius 1 is 1.11 bits per heavy atom. The molecule has 2 rings (SSSR count). The molecule has 0 aliphatic rings. The van der Waals surface area contributed by atoms with Gasteiger partial charge >= 0.3 is 0 Å². The van der Waals surface area contributed by atoms with Gasteiger partial charge in [0.2, 0.25) is 0 Å². The summed E-state index contributed by atoms with van der Waals surface area (Å²) in [6, 6.07) is 7.71. The van der Waals surface area contributed by atoms with Gasteiger partial charge in [-0.2, -0.15) is 0 Å². The molecule has 1 aromatic carbocycles. The first-order chi connectivity index (χ1) is 8.37. The zero-order valence-electron chi connectivity index (χ0n) is 8.65. The van der Waals surface area contributed by atoms with Gasteiger partial charge < -0.3 is 0 Å². The Bertz CT molecular complexity index is 665. The maximum atomic E-state index is 12.0. The van der Waals surface area contributed by atoms with Crippen LogP contribution in [0.2, 0.25) is 10.0 Å². The lowest BCUT2D eigenvalue weighted by Gasteiger charge is -2.07. The lowest BCUT2D eigenvalue weighted by Crippen LogP contribution is -2.11. The summed E-state index contributed by atoms with van der Waals surface area (Å²) < 4.78 is 27.4. The number of thiophene rings is 1. The van der Waals surface area contributed by atoms with Crippen LogP contribution in [0.5, 0.6) is 0 Å². The van der Waals surface area contributed by atoms with E-state index in [0.29, 0.717) is 15.7 Å². The van der Waals surface area contributed by atoms with Crippen LogP contribution in [0.15, 0.2) is 38.3 Å². The molecule has 18 heavy (non-hydrogen) atoms. The molecule has 2 aromatic rings.